The molecule has 0 atom stereocenters. The summed E-state index contributed by atoms with van der Waals surface area (Å²) in [6.45, 7) is 8.62. The number of aromatic nitrogens is 1. The minimum Gasteiger partial charge on any atom is -0.385 e. The summed E-state index contributed by atoms with van der Waals surface area (Å²) in [4.78, 5) is 38.6. The molecule has 2 amide bonds. The molecule has 0 radical (unpaired) electrons. The molecular weight excluding hydrogens is 416 g/mol. The van der Waals surface area contributed by atoms with Gasteiger partial charge in [0.05, 0.1) is 6.54 Å². The number of hydrogen-bond acceptors (Lipinski definition) is 4. The zero-order chi connectivity index (χ0) is 23.8. The number of nitrogens with zero attached hydrogens (tertiary/aromatic N) is 2. The Bertz CT molecular complexity index is 1040. The first kappa shape index (κ1) is 24.3. The largest absolute Gasteiger partial charge is 0.385 e. The van der Waals surface area contributed by atoms with Gasteiger partial charge in [-0.3, -0.25) is 14.4 Å². The van der Waals surface area contributed by atoms with Gasteiger partial charge in [-0.25, -0.2) is 0 Å². The van der Waals surface area contributed by atoms with Crippen LogP contribution in [0.3, 0.4) is 0 Å². The van der Waals surface area contributed by atoms with Crippen LogP contribution in [-0.4, -0.2) is 48.0 Å². The van der Waals surface area contributed by atoms with E-state index in [2.05, 4.69) is 17.2 Å². The number of likely N-dealkylation sites (tertiary alicyclic amines) is 1. The Morgan fingerprint density at radius 1 is 1.15 bits per heavy atom. The molecule has 1 fully saturated rings. The van der Waals surface area contributed by atoms with Crippen LogP contribution >= 0.6 is 0 Å². The Labute approximate surface area is 195 Å². The van der Waals surface area contributed by atoms with Crippen molar-refractivity contribution in [2.75, 3.05) is 26.7 Å². The molecule has 0 unspecified atom stereocenters. The highest BCUT2D eigenvalue weighted by atomic mass is 16.2. The molecule has 2 heterocycles. The molecule has 33 heavy (non-hydrogen) atoms. The van der Waals surface area contributed by atoms with Crippen LogP contribution < -0.4 is 16.2 Å². The van der Waals surface area contributed by atoms with E-state index >= 15 is 0 Å². The third kappa shape index (κ3) is 6.57. The predicted molar refractivity (Wildman–Crippen MR) is 131 cm³/mol. The third-order valence-corrected chi connectivity index (χ3v) is 6.29. The monoisotopic (exact) mass is 450 g/mol. The molecule has 1 aromatic carbocycles. The lowest BCUT2D eigenvalue weighted by Gasteiger charge is -2.31. The van der Waals surface area contributed by atoms with E-state index in [0.29, 0.717) is 18.2 Å². The summed E-state index contributed by atoms with van der Waals surface area (Å²) in [6.07, 6.45) is 5.97. The van der Waals surface area contributed by atoms with Gasteiger partial charge in [0, 0.05) is 51.1 Å². The summed E-state index contributed by atoms with van der Waals surface area (Å²) in [5, 5.41) is 5.91. The SMILES string of the molecule is C=C(NCCCC1CCN(C(C)=O)CC1)c1cc(C(=O)NC)c(=O)n(Cc2ccccc2)c1. The zero-order valence-corrected chi connectivity index (χ0v) is 19.6. The van der Waals surface area contributed by atoms with E-state index in [1.807, 2.05) is 35.2 Å². The maximum Gasteiger partial charge on any atom is 0.263 e. The van der Waals surface area contributed by atoms with Crippen molar-refractivity contribution in [3.63, 3.8) is 0 Å². The van der Waals surface area contributed by atoms with Gasteiger partial charge in [-0.15, -0.1) is 0 Å². The number of benzene rings is 1. The molecule has 176 valence electrons. The molecule has 1 aromatic heterocycles. The molecule has 1 aliphatic heterocycles. The standard InChI is InChI=1S/C26H34N4O3/c1-19(28-13-7-10-21-11-14-29(15-12-21)20(2)31)23-16-24(25(32)27-3)26(33)30(18-23)17-22-8-5-4-6-9-22/h4-6,8-9,16,18,21,28H,1,7,10-15,17H2,2-3H3,(H,27,32). The van der Waals surface area contributed by atoms with E-state index in [1.54, 1.807) is 23.8 Å². The number of piperidine rings is 1. The number of amides is 2. The Kier molecular flexibility index (Phi) is 8.46. The molecule has 2 N–H and O–H groups in total. The molecule has 7 nitrogen and oxygen atoms in total. The molecule has 0 aliphatic carbocycles. The number of pyridine rings is 1. The van der Waals surface area contributed by atoms with Crippen LogP contribution in [0.25, 0.3) is 5.70 Å². The summed E-state index contributed by atoms with van der Waals surface area (Å²) >= 11 is 0. The summed E-state index contributed by atoms with van der Waals surface area (Å²) in [7, 11) is 1.52. The van der Waals surface area contributed by atoms with Crippen molar-refractivity contribution in [2.24, 2.45) is 5.92 Å². The molecule has 0 bridgehead atoms. The first-order valence-corrected chi connectivity index (χ1v) is 11.6. The Balaban J connectivity index is 1.62. The molecule has 2 aromatic rings. The average molecular weight is 451 g/mol. The van der Waals surface area contributed by atoms with Gasteiger partial charge in [0.1, 0.15) is 5.56 Å². The van der Waals surface area contributed by atoms with Crippen LogP contribution in [0.5, 0.6) is 0 Å². The third-order valence-electron chi connectivity index (χ3n) is 6.29. The van der Waals surface area contributed by atoms with E-state index in [4.69, 9.17) is 0 Å². The lowest BCUT2D eigenvalue weighted by atomic mass is 9.92. The van der Waals surface area contributed by atoms with Gasteiger partial charge >= 0.3 is 0 Å². The van der Waals surface area contributed by atoms with Gasteiger partial charge in [-0.05, 0) is 43.2 Å². The van der Waals surface area contributed by atoms with E-state index in [1.165, 1.54) is 7.05 Å². The minimum atomic E-state index is -0.409. The second-order valence-corrected chi connectivity index (χ2v) is 8.64. The summed E-state index contributed by atoms with van der Waals surface area (Å²) in [6, 6.07) is 11.3. The van der Waals surface area contributed by atoms with Crippen molar-refractivity contribution < 1.29 is 9.59 Å². The number of carbonyl (C=O) groups is 2. The first-order chi connectivity index (χ1) is 15.9. The van der Waals surface area contributed by atoms with Crippen molar-refractivity contribution in [3.8, 4) is 0 Å². The zero-order valence-electron chi connectivity index (χ0n) is 19.6. The maximum absolute atomic E-state index is 12.9. The van der Waals surface area contributed by atoms with E-state index < -0.39 is 5.91 Å². The van der Waals surface area contributed by atoms with Gasteiger partial charge in [0.25, 0.3) is 11.5 Å². The smallest absolute Gasteiger partial charge is 0.263 e. The van der Waals surface area contributed by atoms with Crippen molar-refractivity contribution in [1.82, 2.24) is 20.1 Å². The molecule has 3 rings (SSSR count). The van der Waals surface area contributed by atoms with Crippen LogP contribution in [0, 0.1) is 5.92 Å². The lowest BCUT2D eigenvalue weighted by molar-refractivity contribution is -0.130. The lowest BCUT2D eigenvalue weighted by Crippen LogP contribution is -2.37. The highest BCUT2D eigenvalue weighted by molar-refractivity contribution is 5.94. The van der Waals surface area contributed by atoms with E-state index in [-0.39, 0.29) is 17.0 Å². The number of nitrogens with one attached hydrogen (secondary N) is 2. The van der Waals surface area contributed by atoms with Crippen LogP contribution in [0.1, 0.15) is 54.1 Å². The van der Waals surface area contributed by atoms with Crippen LogP contribution in [0.2, 0.25) is 0 Å². The Morgan fingerprint density at radius 3 is 2.48 bits per heavy atom. The van der Waals surface area contributed by atoms with E-state index in [9.17, 15) is 14.4 Å². The second kappa shape index (κ2) is 11.5. The fraction of sp³-hybridized carbons (Fsp3) is 0.423. The van der Waals surface area contributed by atoms with Gasteiger partial charge in [-0.1, -0.05) is 36.9 Å². The topological polar surface area (TPSA) is 83.4 Å². The van der Waals surface area contributed by atoms with Crippen molar-refractivity contribution >= 4 is 17.5 Å². The average Bonchev–Trinajstić information content (AvgIpc) is 2.83. The molecule has 0 spiro atoms. The second-order valence-electron chi connectivity index (χ2n) is 8.64. The highest BCUT2D eigenvalue weighted by Crippen LogP contribution is 2.22. The molecule has 1 saturated heterocycles. The van der Waals surface area contributed by atoms with Crippen LogP contribution in [-0.2, 0) is 11.3 Å². The number of hydrogen-bond donors (Lipinski definition) is 2. The van der Waals surface area contributed by atoms with Gasteiger partial charge in [0.15, 0.2) is 0 Å². The summed E-state index contributed by atoms with van der Waals surface area (Å²) in [5.74, 6) is 0.396. The van der Waals surface area contributed by atoms with E-state index in [0.717, 1.165) is 56.4 Å². The molecular formula is C26H34N4O3. The molecule has 0 saturated carbocycles. The highest BCUT2D eigenvalue weighted by Gasteiger charge is 2.20. The molecule has 1 aliphatic rings. The Hall–Kier alpha value is -3.35. The Morgan fingerprint density at radius 2 is 1.85 bits per heavy atom. The van der Waals surface area contributed by atoms with Gasteiger partial charge in [-0.2, -0.15) is 0 Å². The minimum absolute atomic E-state index is 0.103. The summed E-state index contributed by atoms with van der Waals surface area (Å²) in [5.41, 5.74) is 2.17. The van der Waals surface area contributed by atoms with Crippen molar-refractivity contribution in [3.05, 3.63) is 76.2 Å². The number of carbonyl (C=O) groups excluding carboxylic acids is 2. The fourth-order valence-corrected chi connectivity index (χ4v) is 4.26. The molecule has 7 heteroatoms. The van der Waals surface area contributed by atoms with Gasteiger partial charge < -0.3 is 20.1 Å². The van der Waals surface area contributed by atoms with Crippen LogP contribution in [0.4, 0.5) is 0 Å². The van der Waals surface area contributed by atoms with Crippen molar-refractivity contribution in [1.29, 1.82) is 0 Å². The van der Waals surface area contributed by atoms with Crippen LogP contribution in [0.15, 0.2) is 54.0 Å². The van der Waals surface area contributed by atoms with Gasteiger partial charge in [0.2, 0.25) is 5.91 Å². The number of rotatable bonds is 9. The first-order valence-electron chi connectivity index (χ1n) is 11.6. The van der Waals surface area contributed by atoms with Crippen molar-refractivity contribution in [2.45, 2.75) is 39.2 Å². The fourth-order valence-electron chi connectivity index (χ4n) is 4.26. The summed E-state index contributed by atoms with van der Waals surface area (Å²) < 4.78 is 1.56. The quantitative estimate of drug-likeness (QED) is 0.576. The maximum atomic E-state index is 12.9. The normalized spacial score (nSPS) is 14.1. The predicted octanol–water partition coefficient (Wildman–Crippen LogP) is 2.86.